The number of rotatable bonds is 3. The van der Waals surface area contributed by atoms with Gasteiger partial charge in [-0.25, -0.2) is 0 Å². The Labute approximate surface area is 261 Å². The van der Waals surface area contributed by atoms with Gasteiger partial charge in [0.1, 0.15) is 0 Å². The Morgan fingerprint density at radius 1 is 0.378 bits per heavy atom. The molecular formula is C43H28N2. The Morgan fingerprint density at radius 2 is 0.933 bits per heavy atom. The fourth-order valence-electron chi connectivity index (χ4n) is 7.97. The average Bonchev–Trinajstić information content (AvgIpc) is 3.74. The van der Waals surface area contributed by atoms with Crippen LogP contribution in [0.1, 0.15) is 22.6 Å². The van der Waals surface area contributed by atoms with Crippen molar-refractivity contribution in [1.29, 1.82) is 0 Å². The van der Waals surface area contributed by atoms with Crippen molar-refractivity contribution in [1.82, 2.24) is 9.13 Å². The van der Waals surface area contributed by atoms with Crippen LogP contribution in [0.2, 0.25) is 0 Å². The van der Waals surface area contributed by atoms with Gasteiger partial charge in [0.05, 0.1) is 22.1 Å². The first kappa shape index (κ1) is 24.6. The minimum Gasteiger partial charge on any atom is -0.309 e. The van der Waals surface area contributed by atoms with Gasteiger partial charge in [-0.2, -0.15) is 0 Å². The highest BCUT2D eigenvalue weighted by atomic mass is 15.0. The van der Waals surface area contributed by atoms with Gasteiger partial charge in [0.2, 0.25) is 0 Å². The standard InChI is InChI=1S/C43H28N2/c1-3-13-29(14-4-1)44-38-21-11-9-17-31(38)33-24-23-28(27-40(33)44)41-34-19-7-8-20-35(34)42-37(41)26-25-36-32-18-10-12-22-39(32)45(43(36)42)30-15-5-2-6-16-30/h1-27,41H. The first-order valence-corrected chi connectivity index (χ1v) is 15.7. The summed E-state index contributed by atoms with van der Waals surface area (Å²) in [5, 5.41) is 5.14. The molecule has 2 heteroatoms. The van der Waals surface area contributed by atoms with Crippen LogP contribution >= 0.6 is 0 Å². The van der Waals surface area contributed by atoms with Gasteiger partial charge in [0.25, 0.3) is 0 Å². The summed E-state index contributed by atoms with van der Waals surface area (Å²) in [4.78, 5) is 0. The summed E-state index contributed by atoms with van der Waals surface area (Å²) < 4.78 is 4.89. The second-order valence-corrected chi connectivity index (χ2v) is 12.1. The fraction of sp³-hybridized carbons (Fsp3) is 0.0233. The number of fused-ring (bicyclic) bond motifs is 10. The number of nitrogens with zero attached hydrogens (tertiary/aromatic N) is 2. The molecule has 2 aromatic heterocycles. The molecule has 0 bridgehead atoms. The highest BCUT2D eigenvalue weighted by molar-refractivity contribution is 6.16. The lowest BCUT2D eigenvalue weighted by atomic mass is 9.88. The van der Waals surface area contributed by atoms with E-state index in [2.05, 4.69) is 173 Å². The number of para-hydroxylation sites is 4. The van der Waals surface area contributed by atoms with Crippen LogP contribution in [0.4, 0.5) is 0 Å². The van der Waals surface area contributed by atoms with Gasteiger partial charge in [0.15, 0.2) is 0 Å². The van der Waals surface area contributed by atoms with E-state index in [-0.39, 0.29) is 5.92 Å². The molecule has 0 radical (unpaired) electrons. The van der Waals surface area contributed by atoms with Gasteiger partial charge < -0.3 is 9.13 Å². The molecule has 45 heavy (non-hydrogen) atoms. The lowest BCUT2D eigenvalue weighted by Gasteiger charge is -2.16. The summed E-state index contributed by atoms with van der Waals surface area (Å²) in [6.45, 7) is 0. The smallest absolute Gasteiger partial charge is 0.0622 e. The highest BCUT2D eigenvalue weighted by Crippen LogP contribution is 2.53. The van der Waals surface area contributed by atoms with Crippen LogP contribution < -0.4 is 0 Å². The molecule has 0 fully saturated rings. The van der Waals surface area contributed by atoms with E-state index >= 15 is 0 Å². The molecule has 1 aliphatic rings. The van der Waals surface area contributed by atoms with Crippen LogP contribution in [0.25, 0.3) is 66.1 Å². The third-order valence-corrected chi connectivity index (χ3v) is 9.78. The van der Waals surface area contributed by atoms with Crippen LogP contribution in [0.15, 0.2) is 164 Å². The zero-order chi connectivity index (χ0) is 29.5. The largest absolute Gasteiger partial charge is 0.309 e. The number of aromatic nitrogens is 2. The maximum Gasteiger partial charge on any atom is 0.0622 e. The Balaban J connectivity index is 1.29. The topological polar surface area (TPSA) is 9.86 Å². The van der Waals surface area contributed by atoms with E-state index in [1.807, 2.05) is 0 Å². The lowest BCUT2D eigenvalue weighted by molar-refractivity contribution is 1.02. The molecule has 1 unspecified atom stereocenters. The summed E-state index contributed by atoms with van der Waals surface area (Å²) in [5.74, 6) is 0.134. The molecule has 0 spiro atoms. The monoisotopic (exact) mass is 572 g/mol. The van der Waals surface area contributed by atoms with Crippen LogP contribution in [0.5, 0.6) is 0 Å². The maximum atomic E-state index is 2.47. The van der Waals surface area contributed by atoms with Crippen molar-refractivity contribution in [3.05, 3.63) is 180 Å². The zero-order valence-electron chi connectivity index (χ0n) is 24.6. The Hall–Kier alpha value is -5.86. The van der Waals surface area contributed by atoms with Crippen molar-refractivity contribution in [2.45, 2.75) is 5.92 Å². The molecule has 9 aromatic rings. The van der Waals surface area contributed by atoms with Crippen LogP contribution in [0.3, 0.4) is 0 Å². The molecule has 2 heterocycles. The molecule has 0 amide bonds. The van der Waals surface area contributed by atoms with Crippen molar-refractivity contribution >= 4 is 43.6 Å². The highest BCUT2D eigenvalue weighted by Gasteiger charge is 2.33. The van der Waals surface area contributed by atoms with Gasteiger partial charge in [-0.1, -0.05) is 121 Å². The van der Waals surface area contributed by atoms with Crippen molar-refractivity contribution in [3.8, 4) is 22.5 Å². The maximum absolute atomic E-state index is 2.47. The molecule has 1 aliphatic carbocycles. The van der Waals surface area contributed by atoms with Crippen molar-refractivity contribution < 1.29 is 0 Å². The molecule has 2 nitrogen and oxygen atoms in total. The molecule has 0 aliphatic heterocycles. The zero-order valence-corrected chi connectivity index (χ0v) is 24.6. The van der Waals surface area contributed by atoms with Gasteiger partial charge in [0, 0.05) is 44.4 Å². The van der Waals surface area contributed by atoms with Gasteiger partial charge >= 0.3 is 0 Å². The van der Waals surface area contributed by atoms with Crippen molar-refractivity contribution in [2.24, 2.45) is 0 Å². The predicted molar refractivity (Wildman–Crippen MR) is 188 cm³/mol. The minimum absolute atomic E-state index is 0.134. The Morgan fingerprint density at radius 3 is 1.69 bits per heavy atom. The molecule has 1 atom stereocenters. The molecule has 0 N–H and O–H groups in total. The first-order valence-electron chi connectivity index (χ1n) is 15.7. The van der Waals surface area contributed by atoms with E-state index in [9.17, 15) is 0 Å². The van der Waals surface area contributed by atoms with Crippen LogP contribution in [-0.2, 0) is 0 Å². The lowest BCUT2D eigenvalue weighted by Crippen LogP contribution is -2.01. The molecule has 10 rings (SSSR count). The Bertz CT molecular complexity index is 2590. The van der Waals surface area contributed by atoms with E-state index < -0.39 is 0 Å². The number of hydrogen-bond acceptors (Lipinski definition) is 0. The molecule has 0 saturated carbocycles. The summed E-state index contributed by atoms with van der Waals surface area (Å²) in [5.41, 5.74) is 14.1. The van der Waals surface area contributed by atoms with Crippen LogP contribution in [-0.4, -0.2) is 9.13 Å². The third kappa shape index (κ3) is 3.39. The van der Waals surface area contributed by atoms with Gasteiger partial charge in [-0.15, -0.1) is 0 Å². The first-order chi connectivity index (χ1) is 22.4. The van der Waals surface area contributed by atoms with E-state index in [0.29, 0.717) is 0 Å². The number of hydrogen-bond donors (Lipinski definition) is 0. The minimum atomic E-state index is 0.134. The van der Waals surface area contributed by atoms with Crippen molar-refractivity contribution in [3.63, 3.8) is 0 Å². The molecule has 0 saturated heterocycles. The summed E-state index contributed by atoms with van der Waals surface area (Å²) in [6.07, 6.45) is 0. The Kier molecular flexibility index (Phi) is 5.09. The van der Waals surface area contributed by atoms with E-state index in [0.717, 1.165) is 0 Å². The second-order valence-electron chi connectivity index (χ2n) is 12.1. The third-order valence-electron chi connectivity index (χ3n) is 9.78. The van der Waals surface area contributed by atoms with Gasteiger partial charge in [-0.05, 0) is 64.7 Å². The molecular weight excluding hydrogens is 544 g/mol. The van der Waals surface area contributed by atoms with Crippen LogP contribution in [0, 0.1) is 0 Å². The second kappa shape index (κ2) is 9.32. The SMILES string of the molecule is c1ccc(-n2c3ccccc3c3ccc(C4c5ccccc5-c5c4ccc4c6ccccc6n(-c6ccccc6)c54)cc32)cc1. The summed E-state index contributed by atoms with van der Waals surface area (Å²) >= 11 is 0. The van der Waals surface area contributed by atoms with Gasteiger partial charge in [-0.3, -0.25) is 0 Å². The quantitative estimate of drug-likeness (QED) is 0.199. The fourth-order valence-corrected chi connectivity index (χ4v) is 7.97. The summed E-state index contributed by atoms with van der Waals surface area (Å²) in [7, 11) is 0. The molecule has 210 valence electrons. The van der Waals surface area contributed by atoms with E-state index in [1.165, 1.54) is 82.8 Å². The normalized spacial score (nSPS) is 14.0. The van der Waals surface area contributed by atoms with Crippen molar-refractivity contribution in [2.75, 3.05) is 0 Å². The predicted octanol–water partition coefficient (Wildman–Crippen LogP) is 11.0. The number of benzene rings is 7. The average molecular weight is 573 g/mol. The van der Waals surface area contributed by atoms with E-state index in [1.54, 1.807) is 0 Å². The summed E-state index contributed by atoms with van der Waals surface area (Å²) in [6, 6.07) is 60.1. The van der Waals surface area contributed by atoms with E-state index in [4.69, 9.17) is 0 Å². The molecule has 7 aromatic carbocycles.